The summed E-state index contributed by atoms with van der Waals surface area (Å²) < 4.78 is 71.5. The Hall–Kier alpha value is -2.91. The highest BCUT2D eigenvalue weighted by Gasteiger charge is 2.40. The van der Waals surface area contributed by atoms with Crippen LogP contribution in [0.25, 0.3) is 11.1 Å². The van der Waals surface area contributed by atoms with Crippen molar-refractivity contribution >= 4 is 26.2 Å². The van der Waals surface area contributed by atoms with E-state index >= 15 is 0 Å². The lowest BCUT2D eigenvalue weighted by Gasteiger charge is -2.48. The van der Waals surface area contributed by atoms with Crippen molar-refractivity contribution in [2.75, 3.05) is 25.8 Å². The molecule has 14 heteroatoms. The summed E-state index contributed by atoms with van der Waals surface area (Å²) >= 11 is 0. The molecule has 12 nitrogen and oxygen atoms in total. The standard InChI is InChI=1S/C26H31NO5.CH4O6S2/c1-30-24-14-19-20(15-25(24)31-2)22-13-18(12-17-5-3-4-10-27(17)22)32-26(29)9-7-16-6-8-23(28)21(19)11-16;2-8(3,4)1-9(5,6)7/h6,8,11,14-15,17-18,22,28H,3-5,7,9-10,12-13H2,1-2H3;1H2,(H,2,3,4)(H,5,6,7)/t17-,18-,22-;/m0./s1. The van der Waals surface area contributed by atoms with Crippen LogP contribution in [-0.2, 0) is 36.2 Å². The summed E-state index contributed by atoms with van der Waals surface area (Å²) in [5.74, 6) is 1.39. The molecule has 2 aromatic carbocycles. The summed E-state index contributed by atoms with van der Waals surface area (Å²) in [5.41, 5.74) is 3.80. The highest BCUT2D eigenvalue weighted by Crippen LogP contribution is 2.48. The van der Waals surface area contributed by atoms with Crippen LogP contribution in [0.3, 0.4) is 0 Å². The molecule has 0 unspecified atom stereocenters. The van der Waals surface area contributed by atoms with E-state index in [4.69, 9.17) is 23.3 Å². The number of benzene rings is 2. The number of aryl methyl sites for hydroxylation is 1. The largest absolute Gasteiger partial charge is 0.507 e. The summed E-state index contributed by atoms with van der Waals surface area (Å²) in [4.78, 5) is 15.2. The number of nitrogens with zero attached hydrogens (tertiary/aromatic N) is 1. The van der Waals surface area contributed by atoms with Crippen LogP contribution in [0.15, 0.2) is 30.3 Å². The molecule has 5 rings (SSSR count). The van der Waals surface area contributed by atoms with E-state index in [9.17, 15) is 26.7 Å². The van der Waals surface area contributed by atoms with Crippen molar-refractivity contribution < 1.29 is 50.1 Å². The van der Waals surface area contributed by atoms with Crippen LogP contribution in [0.5, 0.6) is 17.2 Å². The number of ether oxygens (including phenoxy) is 3. The predicted molar refractivity (Wildman–Crippen MR) is 149 cm³/mol. The summed E-state index contributed by atoms with van der Waals surface area (Å²) in [6, 6.07) is 10.1. The maximum absolute atomic E-state index is 12.6. The number of carbonyl (C=O) groups excluding carboxylic acids is 1. The van der Waals surface area contributed by atoms with Gasteiger partial charge in [0.15, 0.2) is 11.5 Å². The van der Waals surface area contributed by atoms with Gasteiger partial charge in [-0.3, -0.25) is 18.8 Å². The van der Waals surface area contributed by atoms with E-state index < -0.39 is 25.3 Å². The van der Waals surface area contributed by atoms with Crippen LogP contribution < -0.4 is 9.47 Å². The lowest BCUT2D eigenvalue weighted by molar-refractivity contribution is -0.154. The Morgan fingerprint density at radius 2 is 1.61 bits per heavy atom. The van der Waals surface area contributed by atoms with Crippen molar-refractivity contribution in [3.63, 3.8) is 0 Å². The van der Waals surface area contributed by atoms with Crippen molar-refractivity contribution in [1.29, 1.82) is 0 Å². The molecule has 3 aliphatic heterocycles. The fourth-order valence-corrected chi connectivity index (χ4v) is 7.42. The van der Waals surface area contributed by atoms with Gasteiger partial charge in [-0.1, -0.05) is 12.5 Å². The quantitative estimate of drug-likeness (QED) is 0.339. The Labute approximate surface area is 239 Å². The molecule has 0 aliphatic carbocycles. The van der Waals surface area contributed by atoms with Crippen molar-refractivity contribution in [2.45, 2.75) is 63.1 Å². The minimum Gasteiger partial charge on any atom is -0.507 e. The molecule has 0 saturated carbocycles. The monoisotopic (exact) mass is 613 g/mol. The maximum atomic E-state index is 12.6. The number of esters is 1. The van der Waals surface area contributed by atoms with E-state index in [-0.39, 0.29) is 23.9 Å². The first-order valence-electron chi connectivity index (χ1n) is 13.2. The predicted octanol–water partition coefficient (Wildman–Crippen LogP) is 3.34. The maximum Gasteiger partial charge on any atom is 0.306 e. The smallest absolute Gasteiger partial charge is 0.306 e. The Morgan fingerprint density at radius 1 is 0.927 bits per heavy atom. The average Bonchev–Trinajstić information content (AvgIpc) is 2.89. The fourth-order valence-electron chi connectivity index (χ4n) is 5.91. The number of phenolic OH excluding ortho intramolecular Hbond substituents is 1. The molecule has 4 bridgehead atoms. The lowest BCUT2D eigenvalue weighted by atomic mass is 9.81. The third-order valence-electron chi connectivity index (χ3n) is 7.57. The molecular weight excluding hydrogens is 578 g/mol. The average molecular weight is 614 g/mol. The van der Waals surface area contributed by atoms with Gasteiger partial charge in [-0.15, -0.1) is 0 Å². The number of methoxy groups -OCH3 is 2. The molecule has 2 aromatic rings. The minimum absolute atomic E-state index is 0.0733. The normalized spacial score (nSPS) is 22.8. The zero-order chi connectivity index (χ0) is 29.9. The Morgan fingerprint density at radius 3 is 2.24 bits per heavy atom. The zero-order valence-corrected chi connectivity index (χ0v) is 24.5. The Bertz CT molecular complexity index is 1460. The van der Waals surface area contributed by atoms with E-state index in [0.29, 0.717) is 30.4 Å². The van der Waals surface area contributed by atoms with Gasteiger partial charge in [-0.05, 0) is 66.8 Å². The number of phenols is 1. The second-order valence-electron chi connectivity index (χ2n) is 10.4. The van der Waals surface area contributed by atoms with Crippen LogP contribution in [0, 0.1) is 0 Å². The molecule has 2 saturated heterocycles. The summed E-state index contributed by atoms with van der Waals surface area (Å²) in [7, 11) is -5.96. The third-order valence-corrected chi connectivity index (χ3v) is 9.96. The van der Waals surface area contributed by atoms with E-state index in [0.717, 1.165) is 48.1 Å². The summed E-state index contributed by atoms with van der Waals surface area (Å²) in [6.45, 7) is 1.02. The van der Waals surface area contributed by atoms with Gasteiger partial charge < -0.3 is 19.3 Å². The van der Waals surface area contributed by atoms with Gasteiger partial charge in [-0.2, -0.15) is 16.8 Å². The molecule has 0 radical (unpaired) electrons. The van der Waals surface area contributed by atoms with Gasteiger partial charge in [-0.25, -0.2) is 0 Å². The lowest BCUT2D eigenvalue weighted by Crippen LogP contribution is -2.49. The number of rotatable bonds is 4. The Kier molecular flexibility index (Phi) is 9.49. The number of hydrogen-bond donors (Lipinski definition) is 3. The van der Waals surface area contributed by atoms with E-state index in [1.165, 1.54) is 12.8 Å². The van der Waals surface area contributed by atoms with Gasteiger partial charge in [0.1, 0.15) is 11.9 Å². The first-order valence-corrected chi connectivity index (χ1v) is 16.4. The van der Waals surface area contributed by atoms with Crippen LogP contribution >= 0.6 is 0 Å². The molecule has 3 aliphatic rings. The van der Waals surface area contributed by atoms with Gasteiger partial charge in [0.25, 0.3) is 20.2 Å². The van der Waals surface area contributed by atoms with Crippen molar-refractivity contribution in [3.8, 4) is 28.4 Å². The molecule has 0 spiro atoms. The van der Waals surface area contributed by atoms with Crippen molar-refractivity contribution in [2.24, 2.45) is 0 Å². The van der Waals surface area contributed by atoms with Crippen LogP contribution in [0.2, 0.25) is 0 Å². The SMILES string of the molecule is COc1cc2c(cc1OC)[C@@H]1C[C@H](C[C@@H]3CCCCN31)OC(=O)CCc1ccc(O)c-2c1.O=S(=O)(O)CS(=O)(=O)O. The molecular formula is C27H35NO11S2. The first-order chi connectivity index (χ1) is 19.3. The molecule has 3 heterocycles. The number of piperidine rings is 2. The third kappa shape index (κ3) is 7.89. The number of hydrogen-bond acceptors (Lipinski definition) is 10. The van der Waals surface area contributed by atoms with Crippen LogP contribution in [0.1, 0.15) is 55.7 Å². The van der Waals surface area contributed by atoms with Crippen molar-refractivity contribution in [1.82, 2.24) is 4.90 Å². The molecule has 41 heavy (non-hydrogen) atoms. The Balaban J connectivity index is 0.000000374. The highest BCUT2D eigenvalue weighted by molar-refractivity contribution is 8.02. The van der Waals surface area contributed by atoms with Gasteiger partial charge in [0, 0.05) is 36.9 Å². The summed E-state index contributed by atoms with van der Waals surface area (Å²) in [5, 5.41) is 9.19. The summed E-state index contributed by atoms with van der Waals surface area (Å²) in [6.07, 6.45) is 5.95. The second kappa shape index (κ2) is 12.5. The molecule has 0 amide bonds. The molecule has 0 aromatic heterocycles. The number of fused-ring (bicyclic) bond motifs is 9. The first kappa shape index (κ1) is 31.0. The van der Waals surface area contributed by atoms with E-state index in [1.54, 1.807) is 20.3 Å². The highest BCUT2D eigenvalue weighted by atomic mass is 32.3. The topological polar surface area (TPSA) is 177 Å². The number of aromatic hydroxyl groups is 1. The van der Waals surface area contributed by atoms with E-state index in [2.05, 4.69) is 4.90 Å². The van der Waals surface area contributed by atoms with E-state index in [1.807, 2.05) is 24.3 Å². The molecule has 3 N–H and O–H groups in total. The van der Waals surface area contributed by atoms with Gasteiger partial charge >= 0.3 is 5.97 Å². The van der Waals surface area contributed by atoms with Crippen LogP contribution in [-0.4, -0.2) is 79.9 Å². The van der Waals surface area contributed by atoms with Gasteiger partial charge in [0.05, 0.1) is 14.2 Å². The minimum atomic E-state index is -4.62. The second-order valence-corrected chi connectivity index (χ2v) is 13.7. The van der Waals surface area contributed by atoms with Crippen molar-refractivity contribution in [3.05, 3.63) is 41.5 Å². The fraction of sp³-hybridized carbons (Fsp3) is 0.519. The van der Waals surface area contributed by atoms with Crippen LogP contribution in [0.4, 0.5) is 0 Å². The molecule has 226 valence electrons. The molecule has 2 fully saturated rings. The zero-order valence-electron chi connectivity index (χ0n) is 22.9. The van der Waals surface area contributed by atoms with Gasteiger partial charge in [0.2, 0.25) is 5.08 Å². The number of carbonyl (C=O) groups is 1. The molecule has 3 atom stereocenters.